The average Bonchev–Trinajstić information content (AvgIpc) is 3.08. The molecule has 1 aliphatic heterocycles. The molecule has 1 N–H and O–H groups in total. The third-order valence-electron chi connectivity index (χ3n) is 5.81. The summed E-state index contributed by atoms with van der Waals surface area (Å²) >= 11 is 0. The lowest BCUT2D eigenvalue weighted by Crippen LogP contribution is -2.38. The molecular formula is C26H32N2O4. The lowest BCUT2D eigenvalue weighted by atomic mass is 9.95. The van der Waals surface area contributed by atoms with E-state index < -0.39 is 17.7 Å². The van der Waals surface area contributed by atoms with Crippen molar-refractivity contribution in [2.24, 2.45) is 0 Å². The molecule has 1 aliphatic rings. The zero-order chi connectivity index (χ0) is 23.1. The van der Waals surface area contributed by atoms with E-state index in [1.54, 1.807) is 29.2 Å². The maximum absolute atomic E-state index is 13.1. The van der Waals surface area contributed by atoms with Gasteiger partial charge in [0, 0.05) is 18.7 Å². The number of rotatable bonds is 10. The molecule has 1 amide bonds. The van der Waals surface area contributed by atoms with Gasteiger partial charge in [-0.15, -0.1) is 0 Å². The number of Topliss-reactive ketones (excluding diaryl/α,β-unsaturated/α-hetero) is 1. The van der Waals surface area contributed by atoms with Gasteiger partial charge in [0.2, 0.25) is 0 Å². The number of likely N-dealkylation sites (tertiary alicyclic amines) is 1. The van der Waals surface area contributed by atoms with Crippen LogP contribution in [0.1, 0.15) is 44.4 Å². The molecule has 2 aromatic carbocycles. The predicted octanol–water partition coefficient (Wildman–Crippen LogP) is 4.24. The number of amides is 1. The van der Waals surface area contributed by atoms with Gasteiger partial charge < -0.3 is 19.6 Å². The van der Waals surface area contributed by atoms with Crippen molar-refractivity contribution >= 4 is 17.4 Å². The lowest BCUT2D eigenvalue weighted by molar-refractivity contribution is -0.140. The van der Waals surface area contributed by atoms with Crippen molar-refractivity contribution in [1.29, 1.82) is 0 Å². The standard InChI is InChI=1S/C26H32N2O4/c1-4-18-32-21-14-12-19(13-15-21)23-22(24(29)20-10-8-7-9-11-20)25(30)26(31)28(23)17-16-27(5-2)6-3/h7-15,23,29H,4-6,16-18H2,1-3H3/b24-22+/t23-/m0/s1. The minimum atomic E-state index is -0.651. The number of carbonyl (C=O) groups excluding carboxylic acids is 2. The van der Waals surface area contributed by atoms with Crippen molar-refractivity contribution in [1.82, 2.24) is 9.80 Å². The smallest absolute Gasteiger partial charge is 0.295 e. The van der Waals surface area contributed by atoms with Crippen molar-refractivity contribution in [2.45, 2.75) is 33.2 Å². The summed E-state index contributed by atoms with van der Waals surface area (Å²) in [6.45, 7) is 9.57. The highest BCUT2D eigenvalue weighted by Gasteiger charge is 2.45. The van der Waals surface area contributed by atoms with Gasteiger partial charge >= 0.3 is 0 Å². The summed E-state index contributed by atoms with van der Waals surface area (Å²) in [7, 11) is 0. The van der Waals surface area contributed by atoms with Gasteiger partial charge in [0.15, 0.2) is 0 Å². The number of ether oxygens (including phenoxy) is 1. The third-order valence-corrected chi connectivity index (χ3v) is 5.81. The number of hydrogen-bond acceptors (Lipinski definition) is 5. The largest absolute Gasteiger partial charge is 0.507 e. The van der Waals surface area contributed by atoms with Crippen LogP contribution < -0.4 is 4.74 Å². The van der Waals surface area contributed by atoms with E-state index in [0.717, 1.165) is 30.8 Å². The fourth-order valence-corrected chi connectivity index (χ4v) is 3.96. The van der Waals surface area contributed by atoms with Gasteiger partial charge in [0.05, 0.1) is 18.2 Å². The Labute approximate surface area is 190 Å². The third kappa shape index (κ3) is 5.02. The molecule has 0 saturated carbocycles. The van der Waals surface area contributed by atoms with Crippen LogP contribution in [0.25, 0.3) is 5.76 Å². The number of hydrogen-bond donors (Lipinski definition) is 1. The van der Waals surface area contributed by atoms with Gasteiger partial charge in [0.1, 0.15) is 11.5 Å². The summed E-state index contributed by atoms with van der Waals surface area (Å²) in [6.07, 6.45) is 0.907. The topological polar surface area (TPSA) is 70.1 Å². The fraction of sp³-hybridized carbons (Fsp3) is 0.385. The first kappa shape index (κ1) is 23.5. The molecule has 0 aliphatic carbocycles. The predicted molar refractivity (Wildman–Crippen MR) is 125 cm³/mol. The van der Waals surface area contributed by atoms with Crippen LogP contribution in [0, 0.1) is 0 Å². The van der Waals surface area contributed by atoms with Gasteiger partial charge in [-0.3, -0.25) is 9.59 Å². The quantitative estimate of drug-likeness (QED) is 0.343. The van der Waals surface area contributed by atoms with E-state index in [2.05, 4.69) is 18.7 Å². The summed E-state index contributed by atoms with van der Waals surface area (Å²) in [5, 5.41) is 11.0. The van der Waals surface area contributed by atoms with Gasteiger partial charge in [0.25, 0.3) is 11.7 Å². The number of likely N-dealkylation sites (N-methyl/N-ethyl adjacent to an activating group) is 1. The highest BCUT2D eigenvalue weighted by atomic mass is 16.5. The molecular weight excluding hydrogens is 404 g/mol. The Kier molecular flexibility index (Phi) is 8.06. The Morgan fingerprint density at radius 3 is 2.25 bits per heavy atom. The van der Waals surface area contributed by atoms with E-state index in [4.69, 9.17) is 4.74 Å². The summed E-state index contributed by atoms with van der Waals surface area (Å²) < 4.78 is 5.68. The molecule has 1 saturated heterocycles. The summed E-state index contributed by atoms with van der Waals surface area (Å²) in [4.78, 5) is 29.9. The number of nitrogens with zero attached hydrogens (tertiary/aromatic N) is 2. The van der Waals surface area contributed by atoms with E-state index in [9.17, 15) is 14.7 Å². The molecule has 6 nitrogen and oxygen atoms in total. The Bertz CT molecular complexity index is 950. The van der Waals surface area contributed by atoms with E-state index in [1.807, 2.05) is 37.3 Å². The summed E-state index contributed by atoms with van der Waals surface area (Å²) in [6, 6.07) is 15.7. The molecule has 32 heavy (non-hydrogen) atoms. The number of ketones is 1. The van der Waals surface area contributed by atoms with Crippen LogP contribution in [0.3, 0.4) is 0 Å². The van der Waals surface area contributed by atoms with Crippen LogP contribution in [0.15, 0.2) is 60.2 Å². The van der Waals surface area contributed by atoms with Crippen molar-refractivity contribution < 1.29 is 19.4 Å². The second-order valence-electron chi connectivity index (χ2n) is 7.80. The van der Waals surface area contributed by atoms with Crippen LogP contribution in [0.5, 0.6) is 5.75 Å². The molecule has 1 atom stereocenters. The Morgan fingerprint density at radius 1 is 1.00 bits per heavy atom. The van der Waals surface area contributed by atoms with Crippen LogP contribution in [0.2, 0.25) is 0 Å². The number of carbonyl (C=O) groups is 2. The van der Waals surface area contributed by atoms with Crippen LogP contribution in [0.4, 0.5) is 0 Å². The van der Waals surface area contributed by atoms with Crippen molar-refractivity contribution in [3.05, 3.63) is 71.3 Å². The normalized spacial score (nSPS) is 17.9. The molecule has 0 bridgehead atoms. The molecule has 1 fully saturated rings. The molecule has 1 heterocycles. The average molecular weight is 437 g/mol. The highest BCUT2D eigenvalue weighted by Crippen LogP contribution is 2.39. The van der Waals surface area contributed by atoms with E-state index >= 15 is 0 Å². The SMILES string of the molecule is CCCOc1ccc([C@H]2/C(=C(\O)c3ccccc3)C(=O)C(=O)N2CCN(CC)CC)cc1. The Hall–Kier alpha value is -3.12. The molecule has 3 rings (SSSR count). The molecule has 0 aromatic heterocycles. The number of aliphatic hydroxyl groups excluding tert-OH is 1. The zero-order valence-corrected chi connectivity index (χ0v) is 19.1. The molecule has 2 aromatic rings. The van der Waals surface area contributed by atoms with Crippen molar-refractivity contribution in [3.8, 4) is 5.75 Å². The van der Waals surface area contributed by atoms with Crippen LogP contribution in [-0.4, -0.2) is 59.4 Å². The zero-order valence-electron chi connectivity index (χ0n) is 19.1. The van der Waals surface area contributed by atoms with Gasteiger partial charge in [-0.1, -0.05) is 63.2 Å². The van der Waals surface area contributed by atoms with E-state index in [0.29, 0.717) is 25.3 Å². The van der Waals surface area contributed by atoms with Crippen LogP contribution in [-0.2, 0) is 9.59 Å². The maximum atomic E-state index is 13.1. The van der Waals surface area contributed by atoms with Gasteiger partial charge in [-0.05, 0) is 37.2 Å². The van der Waals surface area contributed by atoms with E-state index in [-0.39, 0.29) is 11.3 Å². The molecule has 0 unspecified atom stereocenters. The summed E-state index contributed by atoms with van der Waals surface area (Å²) in [5.74, 6) is -0.641. The molecule has 6 heteroatoms. The second kappa shape index (κ2) is 11.0. The van der Waals surface area contributed by atoms with Crippen molar-refractivity contribution in [2.75, 3.05) is 32.8 Å². The van der Waals surface area contributed by atoms with Gasteiger partial charge in [-0.2, -0.15) is 0 Å². The first-order valence-corrected chi connectivity index (χ1v) is 11.3. The van der Waals surface area contributed by atoms with Crippen molar-refractivity contribution in [3.63, 3.8) is 0 Å². The molecule has 0 spiro atoms. The fourth-order valence-electron chi connectivity index (χ4n) is 3.96. The highest BCUT2D eigenvalue weighted by molar-refractivity contribution is 6.46. The first-order valence-electron chi connectivity index (χ1n) is 11.3. The maximum Gasteiger partial charge on any atom is 0.295 e. The molecule has 0 radical (unpaired) electrons. The van der Waals surface area contributed by atoms with Gasteiger partial charge in [-0.25, -0.2) is 0 Å². The lowest BCUT2D eigenvalue weighted by Gasteiger charge is -2.28. The van der Waals surface area contributed by atoms with Crippen LogP contribution >= 0.6 is 0 Å². The Morgan fingerprint density at radius 2 is 1.66 bits per heavy atom. The molecule has 170 valence electrons. The number of benzene rings is 2. The Balaban J connectivity index is 2.03. The summed E-state index contributed by atoms with van der Waals surface area (Å²) in [5.41, 5.74) is 1.41. The minimum absolute atomic E-state index is 0.128. The first-order chi connectivity index (χ1) is 15.5. The van der Waals surface area contributed by atoms with E-state index in [1.165, 1.54) is 0 Å². The monoisotopic (exact) mass is 436 g/mol. The number of aliphatic hydroxyl groups is 1. The second-order valence-corrected chi connectivity index (χ2v) is 7.80. The minimum Gasteiger partial charge on any atom is -0.507 e.